The number of Topliss-reactive ketones (excluding diaryl/α,β-unsaturated/α-hetero) is 2. The van der Waals surface area contributed by atoms with E-state index >= 15 is 0 Å². The Morgan fingerprint density at radius 3 is 2.54 bits per heavy atom. The molecule has 1 aromatic rings. The molecule has 24 heavy (non-hydrogen) atoms. The lowest BCUT2D eigenvalue weighted by atomic mass is 9.75. The molecule has 1 saturated heterocycles. The maximum atomic E-state index is 13.2. The number of ether oxygens (including phenoxy) is 1. The summed E-state index contributed by atoms with van der Waals surface area (Å²) < 4.78 is 45.4. The Morgan fingerprint density at radius 1 is 1.29 bits per heavy atom. The van der Waals surface area contributed by atoms with Crippen LogP contribution in [0.4, 0.5) is 13.2 Å². The van der Waals surface area contributed by atoms with Gasteiger partial charge in [0.25, 0.3) is 0 Å². The highest BCUT2D eigenvalue weighted by atomic mass is 19.4. The number of hydrogen-bond donors (Lipinski definition) is 1. The molecule has 1 fully saturated rings. The molecule has 1 aromatic carbocycles. The van der Waals surface area contributed by atoms with Gasteiger partial charge in [-0.2, -0.15) is 13.2 Å². The molecule has 4 nitrogen and oxygen atoms in total. The molecular formula is C17H18F3NO3. The van der Waals surface area contributed by atoms with Crippen molar-refractivity contribution in [1.29, 1.82) is 0 Å². The van der Waals surface area contributed by atoms with Gasteiger partial charge >= 0.3 is 6.18 Å². The first kappa shape index (κ1) is 17.0. The lowest BCUT2D eigenvalue weighted by molar-refractivity contribution is -0.177. The number of hydrogen-bond acceptors (Lipinski definition) is 4. The van der Waals surface area contributed by atoms with Crippen molar-refractivity contribution in [3.8, 4) is 5.75 Å². The summed E-state index contributed by atoms with van der Waals surface area (Å²) in [5.74, 6) is -3.13. The van der Waals surface area contributed by atoms with Crippen molar-refractivity contribution >= 4 is 11.6 Å². The van der Waals surface area contributed by atoms with E-state index in [0.29, 0.717) is 31.5 Å². The van der Waals surface area contributed by atoms with E-state index in [0.717, 1.165) is 0 Å². The summed E-state index contributed by atoms with van der Waals surface area (Å²) in [6.07, 6.45) is -4.08. The largest absolute Gasteiger partial charge is 0.486 e. The van der Waals surface area contributed by atoms with Crippen LogP contribution in [-0.4, -0.2) is 36.4 Å². The third-order valence-corrected chi connectivity index (χ3v) is 4.79. The summed E-state index contributed by atoms with van der Waals surface area (Å²) in [5.41, 5.74) is -0.696. The maximum Gasteiger partial charge on any atom is 0.450 e. The smallest absolute Gasteiger partial charge is 0.450 e. The number of carbonyl (C=O) groups excluding carboxylic acids is 2. The van der Waals surface area contributed by atoms with Gasteiger partial charge < -0.3 is 10.1 Å². The van der Waals surface area contributed by atoms with E-state index in [1.165, 1.54) is 12.1 Å². The van der Waals surface area contributed by atoms with Crippen molar-refractivity contribution in [3.05, 3.63) is 29.3 Å². The van der Waals surface area contributed by atoms with E-state index in [-0.39, 0.29) is 23.5 Å². The highest BCUT2D eigenvalue weighted by molar-refractivity contribution is 5.98. The molecule has 0 unspecified atom stereocenters. The summed E-state index contributed by atoms with van der Waals surface area (Å²) in [6, 6.07) is 4.44. The first-order valence-corrected chi connectivity index (χ1v) is 7.96. The Bertz CT molecular complexity index is 678. The van der Waals surface area contributed by atoms with Crippen LogP contribution in [0.15, 0.2) is 18.2 Å². The number of fused-ring (bicyclic) bond motifs is 1. The van der Waals surface area contributed by atoms with Gasteiger partial charge in [-0.1, -0.05) is 6.92 Å². The molecule has 0 amide bonds. The van der Waals surface area contributed by atoms with Gasteiger partial charge in [0, 0.05) is 30.4 Å². The highest BCUT2D eigenvalue weighted by Crippen LogP contribution is 2.51. The van der Waals surface area contributed by atoms with Crippen molar-refractivity contribution in [2.24, 2.45) is 0 Å². The lowest BCUT2D eigenvalue weighted by Gasteiger charge is -2.37. The zero-order chi connectivity index (χ0) is 17.5. The summed E-state index contributed by atoms with van der Waals surface area (Å²) in [6.45, 7) is 2.64. The third-order valence-electron chi connectivity index (χ3n) is 4.79. The SMILES string of the molecule is CCC(=O)c1ccc2c(c1)[C@@H](C(=O)C(F)(F)F)C1(CCNCC1)O2. The summed E-state index contributed by atoms with van der Waals surface area (Å²) in [5, 5.41) is 3.07. The second-order valence-electron chi connectivity index (χ2n) is 6.24. The molecule has 1 N–H and O–H groups in total. The first-order valence-electron chi connectivity index (χ1n) is 7.96. The minimum atomic E-state index is -4.95. The van der Waals surface area contributed by atoms with Crippen LogP contribution >= 0.6 is 0 Å². The van der Waals surface area contributed by atoms with E-state index in [9.17, 15) is 22.8 Å². The highest BCUT2D eigenvalue weighted by Gasteiger charge is 2.58. The summed E-state index contributed by atoms with van der Waals surface area (Å²) >= 11 is 0. The van der Waals surface area contributed by atoms with E-state index in [4.69, 9.17) is 4.74 Å². The van der Waals surface area contributed by atoms with E-state index in [2.05, 4.69) is 5.32 Å². The Morgan fingerprint density at radius 2 is 1.96 bits per heavy atom. The van der Waals surface area contributed by atoms with Gasteiger partial charge in [0.2, 0.25) is 5.78 Å². The van der Waals surface area contributed by atoms with Gasteiger partial charge in [0.15, 0.2) is 5.78 Å². The molecule has 0 aliphatic carbocycles. The average Bonchev–Trinajstić information content (AvgIpc) is 2.85. The zero-order valence-corrected chi connectivity index (χ0v) is 13.2. The number of piperidine rings is 1. The fraction of sp³-hybridized carbons (Fsp3) is 0.529. The van der Waals surface area contributed by atoms with Crippen LogP contribution in [0.3, 0.4) is 0 Å². The minimum absolute atomic E-state index is 0.178. The van der Waals surface area contributed by atoms with Crippen molar-refractivity contribution in [1.82, 2.24) is 5.32 Å². The Labute approximate surface area is 137 Å². The van der Waals surface area contributed by atoms with Crippen LogP contribution in [0.25, 0.3) is 0 Å². The van der Waals surface area contributed by atoms with E-state index < -0.39 is 23.5 Å². The van der Waals surface area contributed by atoms with Crippen LogP contribution in [0.2, 0.25) is 0 Å². The lowest BCUT2D eigenvalue weighted by Crippen LogP contribution is -2.51. The molecular weight excluding hydrogens is 323 g/mol. The number of alkyl halides is 3. The zero-order valence-electron chi connectivity index (χ0n) is 13.2. The number of halogens is 3. The molecule has 1 atom stereocenters. The molecule has 2 heterocycles. The Balaban J connectivity index is 2.09. The van der Waals surface area contributed by atoms with Crippen molar-refractivity contribution in [3.63, 3.8) is 0 Å². The van der Waals surface area contributed by atoms with Gasteiger partial charge in [-0.3, -0.25) is 9.59 Å². The summed E-state index contributed by atoms with van der Waals surface area (Å²) in [7, 11) is 0. The summed E-state index contributed by atoms with van der Waals surface area (Å²) in [4.78, 5) is 24.0. The average molecular weight is 341 g/mol. The molecule has 2 aliphatic heterocycles. The molecule has 0 saturated carbocycles. The first-order chi connectivity index (χ1) is 11.3. The predicted molar refractivity (Wildman–Crippen MR) is 80.3 cm³/mol. The second kappa shape index (κ2) is 5.88. The van der Waals surface area contributed by atoms with Crippen LogP contribution in [0, 0.1) is 0 Å². The number of carbonyl (C=O) groups is 2. The van der Waals surface area contributed by atoms with Gasteiger partial charge in [0.05, 0.1) is 5.92 Å². The predicted octanol–water partition coefficient (Wildman–Crippen LogP) is 3.01. The molecule has 0 aromatic heterocycles. The second-order valence-corrected chi connectivity index (χ2v) is 6.24. The molecule has 0 radical (unpaired) electrons. The standard InChI is InChI=1S/C17H18F3NO3/c1-2-12(22)10-3-4-13-11(9-10)14(15(23)17(18,19)20)16(24-13)5-7-21-8-6-16/h3-4,9,14,21H,2,5-8H2,1H3/t14-/m0/s1. The number of ketones is 2. The third kappa shape index (κ3) is 2.70. The molecule has 1 spiro atoms. The van der Waals surface area contributed by atoms with Crippen LogP contribution in [-0.2, 0) is 4.79 Å². The molecule has 3 rings (SSSR count). The van der Waals surface area contributed by atoms with Crippen LogP contribution < -0.4 is 10.1 Å². The fourth-order valence-electron chi connectivity index (χ4n) is 3.59. The van der Waals surface area contributed by atoms with Crippen LogP contribution in [0.5, 0.6) is 5.75 Å². The normalized spacial score (nSPS) is 22.1. The van der Waals surface area contributed by atoms with Gasteiger partial charge in [-0.05, 0) is 31.3 Å². The molecule has 7 heteroatoms. The maximum absolute atomic E-state index is 13.2. The number of rotatable bonds is 3. The Kier molecular flexibility index (Phi) is 4.15. The van der Waals surface area contributed by atoms with Gasteiger partial charge in [0.1, 0.15) is 11.4 Å². The van der Waals surface area contributed by atoms with E-state index in [1.807, 2.05) is 0 Å². The Hall–Kier alpha value is -1.89. The monoisotopic (exact) mass is 341 g/mol. The molecule has 2 aliphatic rings. The number of benzene rings is 1. The van der Waals surface area contributed by atoms with Crippen LogP contribution in [0.1, 0.15) is 48.0 Å². The minimum Gasteiger partial charge on any atom is -0.486 e. The van der Waals surface area contributed by atoms with Gasteiger partial charge in [-0.15, -0.1) is 0 Å². The van der Waals surface area contributed by atoms with Crippen molar-refractivity contribution in [2.75, 3.05) is 13.1 Å². The van der Waals surface area contributed by atoms with Crippen molar-refractivity contribution < 1.29 is 27.5 Å². The quantitative estimate of drug-likeness (QED) is 0.859. The topological polar surface area (TPSA) is 55.4 Å². The van der Waals surface area contributed by atoms with Crippen molar-refractivity contribution in [2.45, 2.75) is 43.9 Å². The van der Waals surface area contributed by atoms with E-state index in [1.54, 1.807) is 13.0 Å². The fourth-order valence-corrected chi connectivity index (χ4v) is 3.59. The molecule has 130 valence electrons. The number of nitrogens with one attached hydrogen (secondary N) is 1. The molecule has 0 bridgehead atoms. The van der Waals surface area contributed by atoms with Gasteiger partial charge in [-0.25, -0.2) is 0 Å².